The van der Waals surface area contributed by atoms with Crippen molar-refractivity contribution in [3.8, 4) is 5.75 Å². The lowest BCUT2D eigenvalue weighted by Crippen LogP contribution is -2.42. The van der Waals surface area contributed by atoms with E-state index in [-0.39, 0.29) is 30.1 Å². The molecule has 1 fully saturated rings. The first-order chi connectivity index (χ1) is 10.5. The molecule has 2 amide bonds. The highest BCUT2D eigenvalue weighted by molar-refractivity contribution is 5.79. The quantitative estimate of drug-likeness (QED) is 0.921. The molecule has 22 heavy (non-hydrogen) atoms. The van der Waals surface area contributed by atoms with Crippen molar-refractivity contribution in [2.24, 2.45) is 5.92 Å². The number of rotatable bonds is 4. The van der Waals surface area contributed by atoms with Crippen LogP contribution in [0.3, 0.4) is 0 Å². The third-order valence-electron chi connectivity index (χ3n) is 4.01. The predicted molar refractivity (Wildman–Crippen MR) is 79.8 cm³/mol. The Morgan fingerprint density at radius 2 is 2.05 bits per heavy atom. The molecular weight excluding hydrogens is 287 g/mol. The van der Waals surface area contributed by atoms with E-state index >= 15 is 0 Å². The number of carbonyl (C=O) groups excluding carboxylic acids is 2. The van der Waals surface area contributed by atoms with Crippen LogP contribution >= 0.6 is 0 Å². The molecule has 1 N–H and O–H groups in total. The predicted octanol–water partition coefficient (Wildman–Crippen LogP) is 1.71. The van der Waals surface area contributed by atoms with Crippen molar-refractivity contribution in [3.05, 3.63) is 29.6 Å². The van der Waals surface area contributed by atoms with E-state index in [9.17, 15) is 14.0 Å². The standard InChI is InChI=1S/C16H21FN2O3/c1-11(20)19-7-5-12(6-8-19)16(21)18-10-13-9-14(17)3-4-15(13)22-2/h3-4,9,12H,5-8,10H2,1-2H3,(H,18,21). The second-order valence-corrected chi connectivity index (χ2v) is 5.45. The van der Waals surface area contributed by atoms with E-state index in [0.717, 1.165) is 0 Å². The summed E-state index contributed by atoms with van der Waals surface area (Å²) in [7, 11) is 1.51. The van der Waals surface area contributed by atoms with Crippen molar-refractivity contribution >= 4 is 11.8 Å². The van der Waals surface area contributed by atoms with E-state index in [4.69, 9.17) is 4.74 Å². The number of nitrogens with zero attached hydrogens (tertiary/aromatic N) is 1. The van der Waals surface area contributed by atoms with E-state index < -0.39 is 0 Å². The van der Waals surface area contributed by atoms with Gasteiger partial charge in [0, 0.05) is 38.0 Å². The molecule has 0 bridgehead atoms. The van der Waals surface area contributed by atoms with Gasteiger partial charge in [-0.25, -0.2) is 4.39 Å². The summed E-state index contributed by atoms with van der Waals surface area (Å²) in [6, 6.07) is 4.22. The van der Waals surface area contributed by atoms with E-state index in [1.807, 2.05) is 0 Å². The molecule has 1 aliphatic rings. The lowest BCUT2D eigenvalue weighted by atomic mass is 9.96. The molecule has 1 aliphatic heterocycles. The van der Waals surface area contributed by atoms with Gasteiger partial charge in [-0.15, -0.1) is 0 Å². The van der Waals surface area contributed by atoms with Crippen molar-refractivity contribution in [2.45, 2.75) is 26.3 Å². The highest BCUT2D eigenvalue weighted by Gasteiger charge is 2.25. The van der Waals surface area contributed by atoms with Crippen LogP contribution in [0.25, 0.3) is 0 Å². The van der Waals surface area contributed by atoms with Crippen molar-refractivity contribution in [2.75, 3.05) is 20.2 Å². The zero-order valence-electron chi connectivity index (χ0n) is 12.9. The second-order valence-electron chi connectivity index (χ2n) is 5.45. The molecule has 0 saturated carbocycles. The average Bonchev–Trinajstić information content (AvgIpc) is 2.52. The highest BCUT2D eigenvalue weighted by atomic mass is 19.1. The molecule has 0 atom stereocenters. The Balaban J connectivity index is 1.88. The van der Waals surface area contributed by atoms with Gasteiger partial charge in [0.1, 0.15) is 11.6 Å². The number of piperidine rings is 1. The van der Waals surface area contributed by atoms with Gasteiger partial charge in [0.05, 0.1) is 7.11 Å². The zero-order valence-corrected chi connectivity index (χ0v) is 12.9. The van der Waals surface area contributed by atoms with Crippen LogP contribution in [0.1, 0.15) is 25.3 Å². The normalized spacial score (nSPS) is 15.5. The number of nitrogens with one attached hydrogen (secondary N) is 1. The Morgan fingerprint density at radius 1 is 1.36 bits per heavy atom. The van der Waals surface area contributed by atoms with Gasteiger partial charge in [0.25, 0.3) is 0 Å². The van der Waals surface area contributed by atoms with Crippen molar-refractivity contribution < 1.29 is 18.7 Å². The lowest BCUT2D eigenvalue weighted by Gasteiger charge is -2.30. The van der Waals surface area contributed by atoms with E-state index in [0.29, 0.717) is 37.2 Å². The minimum absolute atomic E-state index is 0.0448. The van der Waals surface area contributed by atoms with E-state index in [1.54, 1.807) is 11.0 Å². The topological polar surface area (TPSA) is 58.6 Å². The molecule has 1 aromatic carbocycles. The smallest absolute Gasteiger partial charge is 0.223 e. The molecule has 2 rings (SSSR count). The Morgan fingerprint density at radius 3 is 2.64 bits per heavy atom. The minimum atomic E-state index is -0.361. The molecule has 1 aromatic rings. The molecule has 1 saturated heterocycles. The van der Waals surface area contributed by atoms with Crippen LogP contribution in [0.15, 0.2) is 18.2 Å². The molecule has 0 spiro atoms. The molecule has 0 aliphatic carbocycles. The number of benzene rings is 1. The third kappa shape index (κ3) is 3.96. The van der Waals surface area contributed by atoms with Crippen molar-refractivity contribution in [3.63, 3.8) is 0 Å². The molecule has 0 unspecified atom stereocenters. The van der Waals surface area contributed by atoms with Crippen LogP contribution in [-0.4, -0.2) is 36.9 Å². The number of methoxy groups -OCH3 is 1. The van der Waals surface area contributed by atoms with Gasteiger partial charge in [0.2, 0.25) is 11.8 Å². The fourth-order valence-electron chi connectivity index (χ4n) is 2.67. The summed E-state index contributed by atoms with van der Waals surface area (Å²) >= 11 is 0. The Kier molecular flexibility index (Phi) is 5.35. The summed E-state index contributed by atoms with van der Waals surface area (Å²) in [6.45, 7) is 2.98. The van der Waals surface area contributed by atoms with Crippen LogP contribution in [0.4, 0.5) is 4.39 Å². The lowest BCUT2D eigenvalue weighted by molar-refractivity contribution is -0.134. The van der Waals surface area contributed by atoms with E-state index in [2.05, 4.69) is 5.32 Å². The fourth-order valence-corrected chi connectivity index (χ4v) is 2.67. The molecule has 1 heterocycles. The molecule has 6 heteroatoms. The first-order valence-electron chi connectivity index (χ1n) is 7.37. The Bertz CT molecular complexity index is 554. The third-order valence-corrected chi connectivity index (χ3v) is 4.01. The number of carbonyl (C=O) groups is 2. The molecule has 0 radical (unpaired) electrons. The molecule has 120 valence electrons. The summed E-state index contributed by atoms with van der Waals surface area (Å²) in [5, 5.41) is 2.83. The maximum absolute atomic E-state index is 13.3. The van der Waals surface area contributed by atoms with Gasteiger partial charge in [-0.05, 0) is 31.0 Å². The Hall–Kier alpha value is -2.11. The van der Waals surface area contributed by atoms with Gasteiger partial charge >= 0.3 is 0 Å². The summed E-state index contributed by atoms with van der Waals surface area (Å²) in [5.74, 6) is 0.0703. The average molecular weight is 308 g/mol. The highest BCUT2D eigenvalue weighted by Crippen LogP contribution is 2.20. The summed E-state index contributed by atoms with van der Waals surface area (Å²) in [4.78, 5) is 25.2. The van der Waals surface area contributed by atoms with Crippen LogP contribution < -0.4 is 10.1 Å². The van der Waals surface area contributed by atoms with Gasteiger partial charge < -0.3 is 15.0 Å². The fraction of sp³-hybridized carbons (Fsp3) is 0.500. The van der Waals surface area contributed by atoms with Gasteiger partial charge in [0.15, 0.2) is 0 Å². The van der Waals surface area contributed by atoms with E-state index in [1.165, 1.54) is 26.2 Å². The van der Waals surface area contributed by atoms with Crippen LogP contribution in [0, 0.1) is 11.7 Å². The minimum Gasteiger partial charge on any atom is -0.496 e. The van der Waals surface area contributed by atoms with Crippen molar-refractivity contribution in [1.29, 1.82) is 0 Å². The number of hydrogen-bond acceptors (Lipinski definition) is 3. The maximum Gasteiger partial charge on any atom is 0.223 e. The second kappa shape index (κ2) is 7.24. The summed E-state index contributed by atoms with van der Waals surface area (Å²) in [5.41, 5.74) is 0.608. The molecule has 0 aromatic heterocycles. The Labute approximate surface area is 129 Å². The van der Waals surface area contributed by atoms with Gasteiger partial charge in [-0.1, -0.05) is 0 Å². The maximum atomic E-state index is 13.3. The number of likely N-dealkylation sites (tertiary alicyclic amines) is 1. The van der Waals surface area contributed by atoms with Gasteiger partial charge in [-0.2, -0.15) is 0 Å². The largest absolute Gasteiger partial charge is 0.496 e. The summed E-state index contributed by atoms with van der Waals surface area (Å²) in [6.07, 6.45) is 1.32. The number of halogens is 1. The number of ether oxygens (including phenoxy) is 1. The number of amides is 2. The van der Waals surface area contributed by atoms with Crippen molar-refractivity contribution in [1.82, 2.24) is 10.2 Å². The van der Waals surface area contributed by atoms with Crippen LogP contribution in [0.5, 0.6) is 5.75 Å². The SMILES string of the molecule is COc1ccc(F)cc1CNC(=O)C1CCN(C(C)=O)CC1. The molecular formula is C16H21FN2O3. The van der Waals surface area contributed by atoms with Crippen LogP contribution in [-0.2, 0) is 16.1 Å². The number of hydrogen-bond donors (Lipinski definition) is 1. The molecule has 5 nitrogen and oxygen atoms in total. The first kappa shape index (κ1) is 16.3. The zero-order chi connectivity index (χ0) is 16.1. The van der Waals surface area contributed by atoms with Crippen LogP contribution in [0.2, 0.25) is 0 Å². The monoisotopic (exact) mass is 308 g/mol. The van der Waals surface area contributed by atoms with Gasteiger partial charge in [-0.3, -0.25) is 9.59 Å². The summed E-state index contributed by atoms with van der Waals surface area (Å²) < 4.78 is 18.4. The first-order valence-corrected chi connectivity index (χ1v) is 7.37.